The van der Waals surface area contributed by atoms with Gasteiger partial charge < -0.3 is 10.2 Å². The van der Waals surface area contributed by atoms with Gasteiger partial charge in [-0.15, -0.1) is 0 Å². The maximum absolute atomic E-state index is 3.54. The van der Waals surface area contributed by atoms with Crippen molar-refractivity contribution >= 4 is 11.8 Å². The fraction of sp³-hybridized carbons (Fsp3) is 1.00. The summed E-state index contributed by atoms with van der Waals surface area (Å²) in [4.78, 5) is 2.59. The third-order valence-electron chi connectivity index (χ3n) is 2.90. The molecule has 0 spiro atoms. The highest BCUT2D eigenvalue weighted by atomic mass is 32.2. The van der Waals surface area contributed by atoms with Crippen molar-refractivity contribution < 1.29 is 0 Å². The minimum Gasteiger partial charge on any atom is -0.309 e. The van der Waals surface area contributed by atoms with Crippen LogP contribution in [0.3, 0.4) is 0 Å². The normalized spacial score (nSPS) is 24.9. The van der Waals surface area contributed by atoms with Gasteiger partial charge in [0.25, 0.3) is 0 Å². The Morgan fingerprint density at radius 2 is 2.21 bits per heavy atom. The van der Waals surface area contributed by atoms with Gasteiger partial charge in [-0.25, -0.2) is 0 Å². The monoisotopic (exact) mass is 216 g/mol. The Labute approximate surface area is 92.8 Å². The molecule has 0 aromatic rings. The van der Waals surface area contributed by atoms with Crippen LogP contribution >= 0.6 is 11.8 Å². The molecule has 1 fully saturated rings. The van der Waals surface area contributed by atoms with E-state index in [0.29, 0.717) is 5.54 Å². The van der Waals surface area contributed by atoms with E-state index in [9.17, 15) is 0 Å². The molecule has 1 aliphatic rings. The zero-order valence-electron chi connectivity index (χ0n) is 9.97. The minimum absolute atomic E-state index is 0.306. The van der Waals surface area contributed by atoms with Crippen LogP contribution in [0.5, 0.6) is 0 Å². The van der Waals surface area contributed by atoms with Gasteiger partial charge in [0, 0.05) is 30.4 Å². The molecule has 1 aliphatic heterocycles. The molecule has 0 saturated carbocycles. The topological polar surface area (TPSA) is 15.3 Å². The van der Waals surface area contributed by atoms with Crippen LogP contribution in [-0.2, 0) is 0 Å². The van der Waals surface area contributed by atoms with Gasteiger partial charge in [0.15, 0.2) is 0 Å². The molecule has 1 unspecified atom stereocenters. The Morgan fingerprint density at radius 1 is 1.50 bits per heavy atom. The Balaban J connectivity index is 2.24. The number of rotatable bonds is 4. The molecule has 0 amide bonds. The first kappa shape index (κ1) is 12.3. The Morgan fingerprint density at radius 3 is 2.79 bits per heavy atom. The first-order chi connectivity index (χ1) is 6.53. The van der Waals surface area contributed by atoms with E-state index in [1.807, 2.05) is 11.8 Å². The van der Waals surface area contributed by atoms with Gasteiger partial charge in [-0.3, -0.25) is 0 Å². The van der Waals surface area contributed by atoms with Crippen LogP contribution in [0.25, 0.3) is 0 Å². The second-order valence-corrected chi connectivity index (χ2v) is 6.20. The number of hydrogen-bond acceptors (Lipinski definition) is 3. The lowest BCUT2D eigenvalue weighted by Crippen LogP contribution is -2.57. The third-order valence-corrected chi connectivity index (χ3v) is 3.95. The zero-order valence-corrected chi connectivity index (χ0v) is 10.8. The lowest BCUT2D eigenvalue weighted by molar-refractivity contribution is 0.153. The molecule has 1 heterocycles. The van der Waals surface area contributed by atoms with E-state index >= 15 is 0 Å². The van der Waals surface area contributed by atoms with Crippen molar-refractivity contribution in [3.63, 3.8) is 0 Å². The van der Waals surface area contributed by atoms with Crippen molar-refractivity contribution in [2.75, 3.05) is 32.4 Å². The van der Waals surface area contributed by atoms with Gasteiger partial charge in [0.1, 0.15) is 0 Å². The van der Waals surface area contributed by atoms with Crippen molar-refractivity contribution in [3.05, 3.63) is 0 Å². The van der Waals surface area contributed by atoms with Crippen LogP contribution in [-0.4, -0.2) is 48.1 Å². The molecule has 1 N–H and O–H groups in total. The summed E-state index contributed by atoms with van der Waals surface area (Å²) in [5.74, 6) is 0. The Hall–Kier alpha value is 0.270. The SMILES string of the molecule is CSC(C)CCN1CCNC(C)(C)C1. The van der Waals surface area contributed by atoms with E-state index in [1.165, 1.54) is 26.1 Å². The lowest BCUT2D eigenvalue weighted by atomic mass is 10.0. The van der Waals surface area contributed by atoms with Crippen LogP contribution in [0.15, 0.2) is 0 Å². The molecule has 3 heteroatoms. The highest BCUT2D eigenvalue weighted by Crippen LogP contribution is 2.14. The Kier molecular flexibility index (Phi) is 4.74. The van der Waals surface area contributed by atoms with Crippen LogP contribution in [0.1, 0.15) is 27.2 Å². The van der Waals surface area contributed by atoms with Gasteiger partial charge in [0.2, 0.25) is 0 Å². The molecule has 1 rings (SSSR count). The summed E-state index contributed by atoms with van der Waals surface area (Å²) < 4.78 is 0. The van der Waals surface area contributed by atoms with Crippen molar-refractivity contribution in [2.45, 2.75) is 38.0 Å². The predicted molar refractivity (Wildman–Crippen MR) is 66.1 cm³/mol. The summed E-state index contributed by atoms with van der Waals surface area (Å²) in [5, 5.41) is 4.34. The first-order valence-corrected chi connectivity index (χ1v) is 6.82. The molecule has 0 radical (unpaired) electrons. The lowest BCUT2D eigenvalue weighted by Gasteiger charge is -2.39. The number of nitrogens with one attached hydrogen (secondary N) is 1. The second kappa shape index (κ2) is 5.38. The summed E-state index contributed by atoms with van der Waals surface area (Å²) in [7, 11) is 0. The average molecular weight is 216 g/mol. The van der Waals surface area contributed by atoms with Gasteiger partial charge >= 0.3 is 0 Å². The van der Waals surface area contributed by atoms with E-state index in [0.717, 1.165) is 11.8 Å². The summed E-state index contributed by atoms with van der Waals surface area (Å²) in [5.41, 5.74) is 0.306. The van der Waals surface area contributed by atoms with E-state index in [1.54, 1.807) is 0 Å². The first-order valence-electron chi connectivity index (χ1n) is 5.54. The maximum atomic E-state index is 3.54. The number of hydrogen-bond donors (Lipinski definition) is 1. The number of piperazine rings is 1. The third kappa shape index (κ3) is 4.20. The molecule has 0 aromatic carbocycles. The smallest absolute Gasteiger partial charge is 0.0252 e. The summed E-state index contributed by atoms with van der Waals surface area (Å²) >= 11 is 1.97. The fourth-order valence-electron chi connectivity index (χ4n) is 1.92. The van der Waals surface area contributed by atoms with Crippen molar-refractivity contribution in [3.8, 4) is 0 Å². The average Bonchev–Trinajstić information content (AvgIpc) is 2.12. The standard InChI is InChI=1S/C11H24N2S/c1-10(14-4)5-7-13-8-6-12-11(2,3)9-13/h10,12H,5-9H2,1-4H3. The van der Waals surface area contributed by atoms with Gasteiger partial charge in [-0.05, 0) is 33.1 Å². The van der Waals surface area contributed by atoms with Crippen molar-refractivity contribution in [2.24, 2.45) is 0 Å². The summed E-state index contributed by atoms with van der Waals surface area (Å²) in [6.07, 6.45) is 3.52. The molecular weight excluding hydrogens is 192 g/mol. The van der Waals surface area contributed by atoms with Gasteiger partial charge in [-0.2, -0.15) is 11.8 Å². The molecular formula is C11H24N2S. The zero-order chi connectivity index (χ0) is 10.6. The molecule has 1 atom stereocenters. The van der Waals surface area contributed by atoms with Crippen LogP contribution < -0.4 is 5.32 Å². The Bertz CT molecular complexity index is 171. The van der Waals surface area contributed by atoms with Gasteiger partial charge in [-0.1, -0.05) is 6.92 Å². The quantitative estimate of drug-likeness (QED) is 0.771. The molecule has 0 bridgehead atoms. The van der Waals surface area contributed by atoms with Crippen LogP contribution in [0.4, 0.5) is 0 Å². The molecule has 1 saturated heterocycles. The molecule has 0 aromatic heterocycles. The molecule has 2 nitrogen and oxygen atoms in total. The number of thioether (sulfide) groups is 1. The van der Waals surface area contributed by atoms with E-state index in [2.05, 4.69) is 37.2 Å². The maximum Gasteiger partial charge on any atom is 0.0252 e. The van der Waals surface area contributed by atoms with Crippen LogP contribution in [0, 0.1) is 0 Å². The highest BCUT2D eigenvalue weighted by Gasteiger charge is 2.25. The number of nitrogens with zero attached hydrogens (tertiary/aromatic N) is 1. The highest BCUT2D eigenvalue weighted by molar-refractivity contribution is 7.99. The fourth-order valence-corrected chi connectivity index (χ4v) is 2.26. The second-order valence-electron chi connectivity index (χ2n) is 4.92. The van der Waals surface area contributed by atoms with E-state index < -0.39 is 0 Å². The molecule has 14 heavy (non-hydrogen) atoms. The minimum atomic E-state index is 0.306. The van der Waals surface area contributed by atoms with Crippen molar-refractivity contribution in [1.82, 2.24) is 10.2 Å². The van der Waals surface area contributed by atoms with Crippen molar-refractivity contribution in [1.29, 1.82) is 0 Å². The van der Waals surface area contributed by atoms with Crippen LogP contribution in [0.2, 0.25) is 0 Å². The van der Waals surface area contributed by atoms with Gasteiger partial charge in [0.05, 0.1) is 0 Å². The summed E-state index contributed by atoms with van der Waals surface area (Å²) in [6, 6.07) is 0. The summed E-state index contributed by atoms with van der Waals surface area (Å²) in [6.45, 7) is 11.7. The van der Waals surface area contributed by atoms with E-state index in [4.69, 9.17) is 0 Å². The predicted octanol–water partition coefficient (Wildman–Crippen LogP) is 1.81. The largest absolute Gasteiger partial charge is 0.309 e. The molecule has 0 aliphatic carbocycles. The molecule has 84 valence electrons. The van der Waals surface area contributed by atoms with E-state index in [-0.39, 0.29) is 0 Å².